The summed E-state index contributed by atoms with van der Waals surface area (Å²) in [6, 6.07) is 11.7. The monoisotopic (exact) mass is 390 g/mol. The number of rotatable bonds is 11. The van der Waals surface area contributed by atoms with Gasteiger partial charge in [-0.1, -0.05) is 12.1 Å². The highest BCUT2D eigenvalue weighted by molar-refractivity contribution is 5.44. The minimum absolute atomic E-state index is 0.0856. The van der Waals surface area contributed by atoms with Crippen molar-refractivity contribution < 1.29 is 28.4 Å². The molecule has 28 heavy (non-hydrogen) atoms. The van der Waals surface area contributed by atoms with Gasteiger partial charge in [-0.05, 0) is 48.2 Å². The predicted molar refractivity (Wildman–Crippen MR) is 108 cm³/mol. The largest absolute Gasteiger partial charge is 0.493 e. The summed E-state index contributed by atoms with van der Waals surface area (Å²) in [7, 11) is 9.91. The van der Waals surface area contributed by atoms with Gasteiger partial charge in [0.25, 0.3) is 0 Å². The first-order chi connectivity index (χ1) is 13.6. The van der Waals surface area contributed by atoms with Crippen LogP contribution in [0.3, 0.4) is 0 Å². The third-order valence-corrected chi connectivity index (χ3v) is 4.82. The standard InChI is InChI=1S/C22H30O6/c1-23-17(15-7-9-19(25-3)21(13-15)27-5)11-12-18(24-2)16-8-10-20(26-4)22(14-16)28-6/h7-10,13-14,17-18H,11-12H2,1-6H3. The predicted octanol–water partition coefficient (Wildman–Crippen LogP) is 4.58. The van der Waals surface area contributed by atoms with Gasteiger partial charge in [0.15, 0.2) is 23.0 Å². The Kier molecular flexibility index (Phi) is 8.42. The summed E-state index contributed by atoms with van der Waals surface area (Å²) in [6.07, 6.45) is 1.38. The van der Waals surface area contributed by atoms with Crippen LogP contribution < -0.4 is 18.9 Å². The van der Waals surface area contributed by atoms with E-state index in [9.17, 15) is 0 Å². The van der Waals surface area contributed by atoms with E-state index in [1.165, 1.54) is 0 Å². The van der Waals surface area contributed by atoms with E-state index < -0.39 is 0 Å². The van der Waals surface area contributed by atoms with Crippen LogP contribution in [0.5, 0.6) is 23.0 Å². The van der Waals surface area contributed by atoms with Crippen molar-refractivity contribution in [2.45, 2.75) is 25.0 Å². The molecule has 2 unspecified atom stereocenters. The maximum atomic E-state index is 5.72. The van der Waals surface area contributed by atoms with Crippen molar-refractivity contribution in [1.82, 2.24) is 0 Å². The Morgan fingerprint density at radius 2 is 0.893 bits per heavy atom. The second-order valence-corrected chi connectivity index (χ2v) is 6.25. The summed E-state index contributed by atoms with van der Waals surface area (Å²) in [5.74, 6) is 2.76. The van der Waals surface area contributed by atoms with E-state index in [-0.39, 0.29) is 12.2 Å². The molecular formula is C22H30O6. The average molecular weight is 390 g/mol. The zero-order valence-corrected chi connectivity index (χ0v) is 17.5. The smallest absolute Gasteiger partial charge is 0.161 e. The number of ether oxygens (including phenoxy) is 6. The summed E-state index contributed by atoms with van der Waals surface area (Å²) >= 11 is 0. The Morgan fingerprint density at radius 3 is 1.18 bits per heavy atom. The molecule has 0 aliphatic carbocycles. The number of benzene rings is 2. The van der Waals surface area contributed by atoms with E-state index in [2.05, 4.69) is 0 Å². The van der Waals surface area contributed by atoms with Crippen molar-refractivity contribution in [1.29, 1.82) is 0 Å². The molecule has 0 saturated heterocycles. The molecule has 0 radical (unpaired) electrons. The van der Waals surface area contributed by atoms with Crippen LogP contribution in [0, 0.1) is 0 Å². The van der Waals surface area contributed by atoms with E-state index in [1.807, 2.05) is 36.4 Å². The normalized spacial score (nSPS) is 12.9. The Hall–Kier alpha value is -2.44. The van der Waals surface area contributed by atoms with Gasteiger partial charge in [-0.25, -0.2) is 0 Å². The summed E-state index contributed by atoms with van der Waals surface area (Å²) in [6.45, 7) is 0. The van der Waals surface area contributed by atoms with Gasteiger partial charge in [0.1, 0.15) is 0 Å². The first-order valence-corrected chi connectivity index (χ1v) is 9.11. The fourth-order valence-corrected chi connectivity index (χ4v) is 3.25. The van der Waals surface area contributed by atoms with Crippen LogP contribution in [0.4, 0.5) is 0 Å². The number of hydrogen-bond acceptors (Lipinski definition) is 6. The van der Waals surface area contributed by atoms with Crippen LogP contribution in [-0.2, 0) is 9.47 Å². The average Bonchev–Trinajstić information content (AvgIpc) is 2.76. The molecule has 0 spiro atoms. The van der Waals surface area contributed by atoms with Crippen molar-refractivity contribution in [3.05, 3.63) is 47.5 Å². The van der Waals surface area contributed by atoms with Crippen molar-refractivity contribution in [2.24, 2.45) is 0 Å². The molecule has 154 valence electrons. The highest BCUT2D eigenvalue weighted by Gasteiger charge is 2.19. The van der Waals surface area contributed by atoms with E-state index >= 15 is 0 Å². The molecule has 2 aromatic rings. The molecule has 0 aliphatic rings. The lowest BCUT2D eigenvalue weighted by molar-refractivity contribution is 0.0528. The second kappa shape index (κ2) is 10.8. The Balaban J connectivity index is 2.14. The van der Waals surface area contributed by atoms with E-state index in [0.29, 0.717) is 23.0 Å². The van der Waals surface area contributed by atoms with Crippen LogP contribution in [0.2, 0.25) is 0 Å². The van der Waals surface area contributed by atoms with E-state index in [1.54, 1.807) is 42.7 Å². The molecule has 0 fully saturated rings. The highest BCUT2D eigenvalue weighted by Crippen LogP contribution is 2.36. The summed E-state index contributed by atoms with van der Waals surface area (Å²) < 4.78 is 32.9. The second-order valence-electron chi connectivity index (χ2n) is 6.25. The SMILES string of the molecule is COc1ccc(C(CCC(OC)c2ccc(OC)c(OC)c2)OC)cc1OC. The molecule has 0 aliphatic heterocycles. The zero-order chi connectivity index (χ0) is 20.5. The quantitative estimate of drug-likeness (QED) is 0.560. The molecule has 0 heterocycles. The molecule has 0 bridgehead atoms. The maximum Gasteiger partial charge on any atom is 0.161 e. The third kappa shape index (κ3) is 5.09. The first kappa shape index (κ1) is 21.9. The van der Waals surface area contributed by atoms with Crippen LogP contribution >= 0.6 is 0 Å². The van der Waals surface area contributed by atoms with Crippen molar-refractivity contribution in [2.75, 3.05) is 42.7 Å². The van der Waals surface area contributed by atoms with Crippen LogP contribution in [0.15, 0.2) is 36.4 Å². The lowest BCUT2D eigenvalue weighted by Gasteiger charge is -2.22. The third-order valence-electron chi connectivity index (χ3n) is 4.82. The van der Waals surface area contributed by atoms with Gasteiger partial charge >= 0.3 is 0 Å². The minimum Gasteiger partial charge on any atom is -0.493 e. The molecule has 2 rings (SSSR count). The van der Waals surface area contributed by atoms with Crippen molar-refractivity contribution in [3.8, 4) is 23.0 Å². The maximum absolute atomic E-state index is 5.72. The van der Waals surface area contributed by atoms with Gasteiger partial charge in [0.05, 0.1) is 40.6 Å². The summed E-state index contributed by atoms with van der Waals surface area (Å²) in [5, 5.41) is 0. The highest BCUT2D eigenvalue weighted by atomic mass is 16.5. The Labute approximate surface area is 167 Å². The number of methoxy groups -OCH3 is 6. The Morgan fingerprint density at radius 1 is 0.536 bits per heavy atom. The van der Waals surface area contributed by atoms with Crippen LogP contribution in [-0.4, -0.2) is 42.7 Å². The van der Waals surface area contributed by atoms with Gasteiger partial charge in [0.2, 0.25) is 0 Å². The molecule has 2 aromatic carbocycles. The minimum atomic E-state index is -0.0856. The van der Waals surface area contributed by atoms with Crippen LogP contribution in [0.1, 0.15) is 36.2 Å². The molecule has 0 aromatic heterocycles. The molecule has 6 heteroatoms. The van der Waals surface area contributed by atoms with Crippen LogP contribution in [0.25, 0.3) is 0 Å². The fourth-order valence-electron chi connectivity index (χ4n) is 3.25. The van der Waals surface area contributed by atoms with Gasteiger partial charge < -0.3 is 28.4 Å². The fraction of sp³-hybridized carbons (Fsp3) is 0.455. The van der Waals surface area contributed by atoms with Crippen molar-refractivity contribution >= 4 is 0 Å². The van der Waals surface area contributed by atoms with Gasteiger partial charge in [0, 0.05) is 14.2 Å². The summed E-state index contributed by atoms with van der Waals surface area (Å²) in [5.41, 5.74) is 2.06. The first-order valence-electron chi connectivity index (χ1n) is 9.11. The topological polar surface area (TPSA) is 55.4 Å². The van der Waals surface area contributed by atoms with Gasteiger partial charge in [-0.15, -0.1) is 0 Å². The van der Waals surface area contributed by atoms with Gasteiger partial charge in [-0.3, -0.25) is 0 Å². The number of hydrogen-bond donors (Lipinski definition) is 0. The Bertz CT molecular complexity index is 682. The molecule has 2 atom stereocenters. The molecule has 0 amide bonds. The molecule has 6 nitrogen and oxygen atoms in total. The zero-order valence-electron chi connectivity index (χ0n) is 17.5. The lowest BCUT2D eigenvalue weighted by atomic mass is 9.98. The van der Waals surface area contributed by atoms with Crippen molar-refractivity contribution in [3.63, 3.8) is 0 Å². The molecule has 0 saturated carbocycles. The molecule has 0 N–H and O–H groups in total. The van der Waals surface area contributed by atoms with E-state index in [0.717, 1.165) is 24.0 Å². The summed E-state index contributed by atoms with van der Waals surface area (Å²) in [4.78, 5) is 0. The molecular weight excluding hydrogens is 360 g/mol. The van der Waals surface area contributed by atoms with E-state index in [4.69, 9.17) is 28.4 Å². The van der Waals surface area contributed by atoms with Gasteiger partial charge in [-0.2, -0.15) is 0 Å². The lowest BCUT2D eigenvalue weighted by Crippen LogP contribution is -2.08.